The van der Waals surface area contributed by atoms with Gasteiger partial charge in [-0.15, -0.1) is 13.2 Å². The van der Waals surface area contributed by atoms with E-state index in [-0.39, 0.29) is 5.39 Å². The smallest absolute Gasteiger partial charge is 0.504 e. The summed E-state index contributed by atoms with van der Waals surface area (Å²) >= 11 is 0. The zero-order valence-corrected chi connectivity index (χ0v) is 11.4. The highest BCUT2D eigenvalue weighted by atomic mass is 19.4. The quantitative estimate of drug-likeness (QED) is 0.698. The number of ether oxygens (including phenoxy) is 1. The number of pyridine rings is 1. The fourth-order valence-corrected chi connectivity index (χ4v) is 2.17. The van der Waals surface area contributed by atoms with Crippen LogP contribution in [-0.4, -0.2) is 16.5 Å². The van der Waals surface area contributed by atoms with Crippen molar-refractivity contribution in [1.82, 2.24) is 4.98 Å². The molecule has 0 aliphatic rings. The van der Waals surface area contributed by atoms with Crippen molar-refractivity contribution in [2.45, 2.75) is 6.36 Å². The minimum atomic E-state index is -4.93. The van der Waals surface area contributed by atoms with E-state index >= 15 is 0 Å². The van der Waals surface area contributed by atoms with Gasteiger partial charge in [0.15, 0.2) is 11.5 Å². The van der Waals surface area contributed by atoms with E-state index < -0.39 is 23.7 Å². The third-order valence-electron chi connectivity index (χ3n) is 3.19. The SMILES string of the molecule is Oc1ccc(-c2cnc3cccc(F)c3c2)cc1OC(F)(F)F. The molecule has 0 atom stereocenters. The summed E-state index contributed by atoms with van der Waals surface area (Å²) in [6.45, 7) is 0. The third kappa shape index (κ3) is 3.18. The molecule has 0 bridgehead atoms. The number of alkyl halides is 3. The summed E-state index contributed by atoms with van der Waals surface area (Å²) in [5.41, 5.74) is 1.13. The fourth-order valence-electron chi connectivity index (χ4n) is 2.17. The number of aromatic hydroxyl groups is 1. The Morgan fingerprint density at radius 1 is 1.00 bits per heavy atom. The molecule has 0 aliphatic heterocycles. The van der Waals surface area contributed by atoms with Crippen molar-refractivity contribution >= 4 is 10.9 Å². The second kappa shape index (κ2) is 5.42. The van der Waals surface area contributed by atoms with Crippen molar-refractivity contribution in [3.8, 4) is 22.6 Å². The second-order valence-corrected chi connectivity index (χ2v) is 4.76. The Morgan fingerprint density at radius 3 is 2.52 bits per heavy atom. The van der Waals surface area contributed by atoms with Gasteiger partial charge >= 0.3 is 6.36 Å². The lowest BCUT2D eigenvalue weighted by molar-refractivity contribution is -0.275. The number of rotatable bonds is 2. The Labute approximate surface area is 127 Å². The minimum Gasteiger partial charge on any atom is -0.504 e. The normalized spacial score (nSPS) is 11.7. The summed E-state index contributed by atoms with van der Waals surface area (Å²) in [7, 11) is 0. The summed E-state index contributed by atoms with van der Waals surface area (Å²) in [5.74, 6) is -1.86. The Bertz CT molecular complexity index is 878. The largest absolute Gasteiger partial charge is 0.573 e. The van der Waals surface area contributed by atoms with Crippen LogP contribution < -0.4 is 4.74 Å². The molecule has 3 aromatic rings. The average molecular weight is 323 g/mol. The van der Waals surface area contributed by atoms with Crippen LogP contribution in [0.1, 0.15) is 0 Å². The number of aromatic nitrogens is 1. The van der Waals surface area contributed by atoms with Crippen molar-refractivity contribution in [3.63, 3.8) is 0 Å². The molecular weight excluding hydrogens is 314 g/mol. The van der Waals surface area contributed by atoms with Gasteiger partial charge in [-0.1, -0.05) is 12.1 Å². The molecule has 0 aliphatic carbocycles. The maximum atomic E-state index is 13.8. The van der Waals surface area contributed by atoms with Crippen LogP contribution in [0.25, 0.3) is 22.0 Å². The van der Waals surface area contributed by atoms with Crippen molar-refractivity contribution < 1.29 is 27.4 Å². The van der Waals surface area contributed by atoms with Crippen LogP contribution in [0.5, 0.6) is 11.5 Å². The van der Waals surface area contributed by atoms with Gasteiger partial charge in [0.1, 0.15) is 5.82 Å². The molecule has 1 N–H and O–H groups in total. The molecule has 0 spiro atoms. The number of hydrogen-bond acceptors (Lipinski definition) is 3. The molecule has 0 unspecified atom stereocenters. The lowest BCUT2D eigenvalue weighted by atomic mass is 10.0. The summed E-state index contributed by atoms with van der Waals surface area (Å²) in [5, 5.41) is 9.71. The number of phenolic OH excluding ortho intramolecular Hbond substituents is 1. The van der Waals surface area contributed by atoms with Crippen LogP contribution in [0.2, 0.25) is 0 Å². The molecule has 23 heavy (non-hydrogen) atoms. The van der Waals surface area contributed by atoms with E-state index in [9.17, 15) is 22.7 Å². The van der Waals surface area contributed by atoms with E-state index in [1.54, 1.807) is 6.07 Å². The Balaban J connectivity index is 2.08. The summed E-state index contributed by atoms with van der Waals surface area (Å²) in [6.07, 6.45) is -3.52. The molecule has 1 heterocycles. The lowest BCUT2D eigenvalue weighted by Gasteiger charge is -2.12. The summed E-state index contributed by atoms with van der Waals surface area (Å²) < 4.78 is 54.5. The van der Waals surface area contributed by atoms with Crippen LogP contribution in [0.3, 0.4) is 0 Å². The van der Waals surface area contributed by atoms with Crippen molar-refractivity contribution in [2.24, 2.45) is 0 Å². The second-order valence-electron chi connectivity index (χ2n) is 4.76. The molecule has 0 amide bonds. The molecule has 2 aromatic carbocycles. The zero-order chi connectivity index (χ0) is 16.6. The van der Waals surface area contributed by atoms with Gasteiger partial charge in [0, 0.05) is 17.1 Å². The molecule has 0 saturated carbocycles. The maximum absolute atomic E-state index is 13.8. The monoisotopic (exact) mass is 323 g/mol. The molecule has 0 fully saturated rings. The first kappa shape index (κ1) is 15.1. The molecule has 3 rings (SSSR count). The van der Waals surface area contributed by atoms with Crippen LogP contribution >= 0.6 is 0 Å². The summed E-state index contributed by atoms with van der Waals surface area (Å²) in [4.78, 5) is 4.08. The van der Waals surface area contributed by atoms with E-state index in [0.29, 0.717) is 16.6 Å². The number of phenols is 1. The number of halogens is 4. The topological polar surface area (TPSA) is 42.4 Å². The first-order valence-electron chi connectivity index (χ1n) is 6.47. The van der Waals surface area contributed by atoms with Gasteiger partial charge in [-0.05, 0) is 35.9 Å². The molecule has 3 nitrogen and oxygen atoms in total. The standard InChI is InChI=1S/C16H9F4NO2/c17-12-2-1-3-13-11(12)6-10(8-21-13)9-4-5-14(22)15(7-9)23-16(18,19)20/h1-8,22H. The first-order chi connectivity index (χ1) is 10.8. The van der Waals surface area contributed by atoms with Gasteiger partial charge in [-0.2, -0.15) is 0 Å². The molecule has 118 valence electrons. The number of hydrogen-bond donors (Lipinski definition) is 1. The van der Waals surface area contributed by atoms with E-state index in [2.05, 4.69) is 9.72 Å². The zero-order valence-electron chi connectivity index (χ0n) is 11.4. The highest BCUT2D eigenvalue weighted by molar-refractivity contribution is 5.84. The van der Waals surface area contributed by atoms with E-state index in [0.717, 1.165) is 12.1 Å². The van der Waals surface area contributed by atoms with E-state index in [1.165, 1.54) is 30.5 Å². The Kier molecular flexibility index (Phi) is 3.55. The van der Waals surface area contributed by atoms with Crippen LogP contribution in [-0.2, 0) is 0 Å². The minimum absolute atomic E-state index is 0.247. The van der Waals surface area contributed by atoms with Gasteiger partial charge < -0.3 is 9.84 Å². The van der Waals surface area contributed by atoms with Crippen LogP contribution in [0.15, 0.2) is 48.7 Å². The molecule has 0 radical (unpaired) electrons. The Hall–Kier alpha value is -2.83. The van der Waals surface area contributed by atoms with E-state index in [4.69, 9.17) is 0 Å². The highest BCUT2D eigenvalue weighted by Crippen LogP contribution is 2.35. The van der Waals surface area contributed by atoms with Crippen LogP contribution in [0.4, 0.5) is 17.6 Å². The van der Waals surface area contributed by atoms with Crippen molar-refractivity contribution in [1.29, 1.82) is 0 Å². The van der Waals surface area contributed by atoms with Gasteiger partial charge in [-0.25, -0.2) is 4.39 Å². The molecule has 7 heteroatoms. The highest BCUT2D eigenvalue weighted by Gasteiger charge is 2.32. The van der Waals surface area contributed by atoms with Crippen molar-refractivity contribution in [2.75, 3.05) is 0 Å². The van der Waals surface area contributed by atoms with Crippen LogP contribution in [0, 0.1) is 5.82 Å². The predicted molar refractivity (Wildman–Crippen MR) is 75.5 cm³/mol. The fraction of sp³-hybridized carbons (Fsp3) is 0.0625. The third-order valence-corrected chi connectivity index (χ3v) is 3.19. The molecule has 1 aromatic heterocycles. The lowest BCUT2D eigenvalue weighted by Crippen LogP contribution is -2.17. The first-order valence-corrected chi connectivity index (χ1v) is 6.47. The number of fused-ring (bicyclic) bond motifs is 1. The van der Waals surface area contributed by atoms with Gasteiger partial charge in [0.05, 0.1) is 5.52 Å². The van der Waals surface area contributed by atoms with Crippen molar-refractivity contribution in [3.05, 3.63) is 54.5 Å². The average Bonchev–Trinajstić information content (AvgIpc) is 2.48. The number of nitrogens with zero attached hydrogens (tertiary/aromatic N) is 1. The predicted octanol–water partition coefficient (Wildman–Crippen LogP) is 4.65. The number of benzene rings is 2. The summed E-state index contributed by atoms with van der Waals surface area (Å²) in [6, 6.07) is 9.36. The van der Waals surface area contributed by atoms with Gasteiger partial charge in [-0.3, -0.25) is 4.98 Å². The Morgan fingerprint density at radius 2 is 1.78 bits per heavy atom. The van der Waals surface area contributed by atoms with E-state index in [1.807, 2.05) is 0 Å². The van der Waals surface area contributed by atoms with Gasteiger partial charge in [0.2, 0.25) is 0 Å². The maximum Gasteiger partial charge on any atom is 0.573 e. The van der Waals surface area contributed by atoms with Gasteiger partial charge in [0.25, 0.3) is 0 Å². The molecular formula is C16H9F4NO2. The molecule has 0 saturated heterocycles.